The number of pyridine rings is 2. The van der Waals surface area contributed by atoms with Crippen LogP contribution in [-0.4, -0.2) is 29.5 Å². The third-order valence-corrected chi connectivity index (χ3v) is 11.8. The van der Waals surface area contributed by atoms with E-state index < -0.39 is 0 Å². The van der Waals surface area contributed by atoms with Crippen LogP contribution in [0.2, 0.25) is 0 Å². The van der Waals surface area contributed by atoms with Crippen molar-refractivity contribution in [1.82, 2.24) is 29.5 Å². The van der Waals surface area contributed by atoms with Gasteiger partial charge in [-0.1, -0.05) is 112 Å². The van der Waals surface area contributed by atoms with Crippen LogP contribution >= 0.6 is 0 Å². The fourth-order valence-corrected chi connectivity index (χ4v) is 8.64. The van der Waals surface area contributed by atoms with Crippen molar-refractivity contribution >= 4 is 21.8 Å². The van der Waals surface area contributed by atoms with Crippen LogP contribution in [0.25, 0.3) is 72.5 Å². The van der Waals surface area contributed by atoms with Crippen LogP contribution in [0.4, 0.5) is 0 Å². The zero-order valence-corrected chi connectivity index (χ0v) is 43.6. The molecule has 10 rings (SSSR count). The maximum Gasteiger partial charge on any atom is 2.00 e. The minimum atomic E-state index is 0. The first-order chi connectivity index (χ1) is 32.6. The fourth-order valence-electron chi connectivity index (χ4n) is 8.64. The predicted octanol–water partition coefficient (Wildman–Crippen LogP) is 14.2. The second-order valence-electron chi connectivity index (χ2n) is 17.9. The quantitative estimate of drug-likeness (QED) is 0.106. The van der Waals surface area contributed by atoms with Crippen molar-refractivity contribution in [2.24, 2.45) is 11.8 Å². The number of aryl methyl sites for hydroxylation is 2. The molecule has 0 atom stereocenters. The first kappa shape index (κ1) is 48.8. The van der Waals surface area contributed by atoms with Crippen LogP contribution in [-0.2, 0) is 55.0 Å². The molecule has 0 saturated carbocycles. The molecule has 0 N–H and O–H groups in total. The second-order valence-corrected chi connectivity index (χ2v) is 17.9. The fraction of sp³-hybridized carbons (Fsp3) is 0.169. The summed E-state index contributed by atoms with van der Waals surface area (Å²) in [6.07, 6.45) is 8.96. The molecule has 0 saturated heterocycles. The van der Waals surface area contributed by atoms with Crippen molar-refractivity contribution in [1.29, 1.82) is 0 Å². The molecule has 346 valence electrons. The average molecular weight is 1260 g/mol. The SMILES string of the molecule is Cc1cc(-c2[c-]c(Oc3[c-]c4c(cc3)c3ccc(Oc5[c-]c(-c6cc(C)c(-c7ccc(CC(C)C)cc7)cn6)ccc5)[c-]c3n4-c3ncncn3)ccc2)ncc1-c1ccc(CC(C)C)cc1.[Pt+2].[Pt+2]. The van der Waals surface area contributed by atoms with E-state index in [9.17, 15) is 0 Å². The average Bonchev–Trinajstić information content (AvgIpc) is 3.65. The molecule has 0 fully saturated rings. The van der Waals surface area contributed by atoms with E-state index in [0.29, 0.717) is 51.8 Å². The number of hydrogen-bond acceptors (Lipinski definition) is 7. The minimum Gasteiger partial charge on any atom is -0.503 e. The summed E-state index contributed by atoms with van der Waals surface area (Å²) in [5.74, 6) is 3.71. The Kier molecular flexibility index (Phi) is 15.1. The molecular weight excluding hydrogens is 1210 g/mol. The molecule has 0 spiro atoms. The third-order valence-electron chi connectivity index (χ3n) is 11.8. The maximum atomic E-state index is 6.45. The van der Waals surface area contributed by atoms with Gasteiger partial charge in [0.05, 0.1) is 0 Å². The standard InChI is InChI=1S/C59H48N6O2.2Pt/c1-37(2)25-41-13-17-43(18-14-41)53-33-61-55(27-39(53)5)45-9-7-11-47(29-45)66-49-21-23-51-52-24-22-50(32-58(52)65(57(51)31-49)59-63-35-60-36-64-59)67-48-12-8-10-46(30-48)56-28-40(6)54(34-62-56)44-19-15-42(16-20-44)26-38(3)4;;/h7-24,27-28,33-38H,25-26H2,1-6H3;;/q-4;2*+2. The maximum absolute atomic E-state index is 6.45. The normalized spacial score (nSPS) is 11.2. The summed E-state index contributed by atoms with van der Waals surface area (Å²) in [6, 6.07) is 55.1. The molecule has 0 aliphatic carbocycles. The molecule has 10 heteroatoms. The van der Waals surface area contributed by atoms with Gasteiger partial charge in [-0.05, 0) is 83.3 Å². The zero-order valence-electron chi connectivity index (χ0n) is 39.1. The van der Waals surface area contributed by atoms with E-state index >= 15 is 0 Å². The molecule has 69 heavy (non-hydrogen) atoms. The van der Waals surface area contributed by atoms with E-state index in [0.717, 1.165) is 79.5 Å². The summed E-state index contributed by atoms with van der Waals surface area (Å²) in [5, 5.41) is 1.84. The summed E-state index contributed by atoms with van der Waals surface area (Å²) in [5.41, 5.74) is 14.2. The van der Waals surface area contributed by atoms with E-state index in [-0.39, 0.29) is 42.1 Å². The number of aromatic nitrogens is 6. The minimum absolute atomic E-state index is 0. The van der Waals surface area contributed by atoms with E-state index in [1.807, 2.05) is 77.6 Å². The number of fused-ring (bicyclic) bond motifs is 3. The summed E-state index contributed by atoms with van der Waals surface area (Å²) in [6.45, 7) is 13.2. The Morgan fingerprint density at radius 2 is 0.913 bits per heavy atom. The molecule has 0 aliphatic heterocycles. The van der Waals surface area contributed by atoms with Gasteiger partial charge in [0, 0.05) is 46.5 Å². The largest absolute Gasteiger partial charge is 2.00 e. The molecule has 0 bridgehead atoms. The van der Waals surface area contributed by atoms with Gasteiger partial charge < -0.3 is 24.0 Å². The Hall–Kier alpha value is -6.59. The van der Waals surface area contributed by atoms with Crippen molar-refractivity contribution < 1.29 is 51.6 Å². The molecule has 6 aromatic carbocycles. The van der Waals surface area contributed by atoms with Crippen molar-refractivity contribution in [3.05, 3.63) is 193 Å². The summed E-state index contributed by atoms with van der Waals surface area (Å²) >= 11 is 0. The van der Waals surface area contributed by atoms with Crippen LogP contribution < -0.4 is 9.47 Å². The molecule has 4 heterocycles. The predicted molar refractivity (Wildman–Crippen MR) is 266 cm³/mol. The monoisotopic (exact) mass is 1260 g/mol. The number of rotatable bonds is 13. The smallest absolute Gasteiger partial charge is 0.503 e. The molecule has 4 aromatic heterocycles. The summed E-state index contributed by atoms with van der Waals surface area (Å²) < 4.78 is 14.8. The Labute approximate surface area is 432 Å². The van der Waals surface area contributed by atoms with Gasteiger partial charge in [-0.2, -0.15) is 22.9 Å². The van der Waals surface area contributed by atoms with Crippen molar-refractivity contribution in [2.75, 3.05) is 0 Å². The van der Waals surface area contributed by atoms with Gasteiger partial charge in [0.2, 0.25) is 5.95 Å². The van der Waals surface area contributed by atoms with Crippen LogP contribution in [0, 0.1) is 49.9 Å². The van der Waals surface area contributed by atoms with Gasteiger partial charge in [0.1, 0.15) is 12.7 Å². The second kappa shape index (κ2) is 21.4. The molecule has 0 unspecified atom stereocenters. The van der Waals surface area contributed by atoms with Gasteiger partial charge in [-0.15, -0.1) is 71.8 Å². The summed E-state index contributed by atoms with van der Waals surface area (Å²) in [4.78, 5) is 22.8. The number of hydrogen-bond donors (Lipinski definition) is 0. The number of nitrogens with zero attached hydrogens (tertiary/aromatic N) is 6. The number of benzene rings is 6. The summed E-state index contributed by atoms with van der Waals surface area (Å²) in [7, 11) is 0. The molecule has 10 aromatic rings. The Balaban J connectivity index is 0.00000321. The van der Waals surface area contributed by atoms with Gasteiger partial charge in [-0.25, -0.2) is 15.0 Å². The van der Waals surface area contributed by atoms with Crippen LogP contribution in [0.15, 0.2) is 146 Å². The van der Waals surface area contributed by atoms with E-state index in [4.69, 9.17) is 19.4 Å². The van der Waals surface area contributed by atoms with Gasteiger partial charge in [-0.3, -0.25) is 0 Å². The topological polar surface area (TPSA) is 87.8 Å². The first-order valence-electron chi connectivity index (χ1n) is 22.7. The van der Waals surface area contributed by atoms with Gasteiger partial charge >= 0.3 is 42.1 Å². The van der Waals surface area contributed by atoms with E-state index in [1.54, 1.807) is 0 Å². The molecule has 0 radical (unpaired) electrons. The van der Waals surface area contributed by atoms with Crippen LogP contribution in [0.1, 0.15) is 49.9 Å². The van der Waals surface area contributed by atoms with Gasteiger partial charge in [0.15, 0.2) is 0 Å². The molecule has 8 nitrogen and oxygen atoms in total. The number of ether oxygens (including phenoxy) is 2. The van der Waals surface area contributed by atoms with Crippen molar-refractivity contribution in [2.45, 2.75) is 54.4 Å². The Morgan fingerprint density at radius 3 is 1.32 bits per heavy atom. The van der Waals surface area contributed by atoms with Crippen LogP contribution in [0.5, 0.6) is 23.0 Å². The van der Waals surface area contributed by atoms with Crippen LogP contribution in [0.3, 0.4) is 0 Å². The van der Waals surface area contributed by atoms with Gasteiger partial charge in [0.25, 0.3) is 0 Å². The van der Waals surface area contributed by atoms with E-state index in [2.05, 4.69) is 141 Å². The Bertz CT molecular complexity index is 3180. The molecule has 0 amide bonds. The zero-order chi connectivity index (χ0) is 46.0. The van der Waals surface area contributed by atoms with Crippen molar-refractivity contribution in [3.63, 3.8) is 0 Å². The van der Waals surface area contributed by atoms with E-state index in [1.165, 1.54) is 23.8 Å². The molecular formula is C59H48N6O2Pt2. The molecule has 0 aliphatic rings. The van der Waals surface area contributed by atoms with Crippen molar-refractivity contribution in [3.8, 4) is 73.7 Å². The third kappa shape index (κ3) is 10.8. The Morgan fingerprint density at radius 1 is 0.493 bits per heavy atom. The first-order valence-corrected chi connectivity index (χ1v) is 22.7.